The van der Waals surface area contributed by atoms with Gasteiger partial charge in [0.25, 0.3) is 0 Å². The standard InChI is InChI=1S/C21H22N2O3S2/c1-16(18-7-6-17-4-2-3-5-19(17)14-18)27-21-9-8-20(15-22-21)28(24,25)23-10-12-26-13-11-23/h2-9,14-16H,10-13H2,1H3. The van der Waals surface area contributed by atoms with E-state index in [-0.39, 0.29) is 10.1 Å². The van der Waals surface area contributed by atoms with E-state index >= 15 is 0 Å². The molecule has 0 aliphatic carbocycles. The number of hydrogen-bond donors (Lipinski definition) is 0. The fraction of sp³-hybridized carbons (Fsp3) is 0.286. The number of rotatable bonds is 5. The lowest BCUT2D eigenvalue weighted by atomic mass is 10.1. The van der Waals surface area contributed by atoms with Gasteiger partial charge in [0.1, 0.15) is 4.90 Å². The Morgan fingerprint density at radius 3 is 2.50 bits per heavy atom. The first kappa shape index (κ1) is 19.4. The Bertz CT molecular complexity index is 1060. The van der Waals surface area contributed by atoms with Crippen LogP contribution in [-0.4, -0.2) is 44.0 Å². The molecule has 0 spiro atoms. The van der Waals surface area contributed by atoms with E-state index in [9.17, 15) is 8.42 Å². The smallest absolute Gasteiger partial charge is 0.244 e. The molecule has 5 nitrogen and oxygen atoms in total. The maximum Gasteiger partial charge on any atom is 0.244 e. The van der Waals surface area contributed by atoms with Gasteiger partial charge in [0.15, 0.2) is 0 Å². The van der Waals surface area contributed by atoms with Gasteiger partial charge in [-0.1, -0.05) is 54.2 Å². The highest BCUT2D eigenvalue weighted by atomic mass is 32.2. The lowest BCUT2D eigenvalue weighted by Gasteiger charge is -2.25. The molecule has 3 aromatic rings. The van der Waals surface area contributed by atoms with Gasteiger partial charge in [0.2, 0.25) is 10.0 Å². The molecule has 28 heavy (non-hydrogen) atoms. The Balaban J connectivity index is 1.49. The molecule has 2 aromatic carbocycles. The molecule has 1 unspecified atom stereocenters. The SMILES string of the molecule is CC(Sc1ccc(S(=O)(=O)N2CCOCC2)cn1)c1ccc2ccccc2c1. The number of ether oxygens (including phenoxy) is 1. The highest BCUT2D eigenvalue weighted by Crippen LogP contribution is 2.35. The molecule has 0 radical (unpaired) electrons. The van der Waals surface area contributed by atoms with Crippen molar-refractivity contribution in [1.82, 2.24) is 9.29 Å². The summed E-state index contributed by atoms with van der Waals surface area (Å²) in [6, 6.07) is 18.2. The summed E-state index contributed by atoms with van der Waals surface area (Å²) in [4.78, 5) is 4.63. The summed E-state index contributed by atoms with van der Waals surface area (Å²) in [5.41, 5.74) is 1.22. The molecule has 0 amide bonds. The third-order valence-corrected chi connectivity index (χ3v) is 7.85. The summed E-state index contributed by atoms with van der Waals surface area (Å²) in [7, 11) is -3.50. The number of fused-ring (bicyclic) bond motifs is 1. The molecule has 1 aromatic heterocycles. The molecule has 1 aliphatic rings. The lowest BCUT2D eigenvalue weighted by Crippen LogP contribution is -2.40. The monoisotopic (exact) mass is 414 g/mol. The first-order valence-corrected chi connectivity index (χ1v) is 11.6. The summed E-state index contributed by atoms with van der Waals surface area (Å²) in [5, 5.41) is 3.45. The minimum Gasteiger partial charge on any atom is -0.379 e. The minimum atomic E-state index is -3.50. The number of morpholine rings is 1. The zero-order valence-corrected chi connectivity index (χ0v) is 17.2. The van der Waals surface area contributed by atoms with Crippen molar-refractivity contribution in [2.45, 2.75) is 22.1 Å². The van der Waals surface area contributed by atoms with E-state index in [1.165, 1.54) is 26.8 Å². The van der Waals surface area contributed by atoms with E-state index in [1.807, 2.05) is 12.1 Å². The maximum absolute atomic E-state index is 12.7. The van der Waals surface area contributed by atoms with E-state index in [0.717, 1.165) is 5.03 Å². The molecular weight excluding hydrogens is 392 g/mol. The summed E-state index contributed by atoms with van der Waals surface area (Å²) in [6.07, 6.45) is 1.46. The first-order chi connectivity index (χ1) is 13.5. The quantitative estimate of drug-likeness (QED) is 0.588. The van der Waals surface area contributed by atoms with Gasteiger partial charge in [-0.15, -0.1) is 0 Å². The second-order valence-corrected chi connectivity index (χ2v) is 10.0. The highest BCUT2D eigenvalue weighted by molar-refractivity contribution is 7.99. The van der Waals surface area contributed by atoms with Crippen LogP contribution < -0.4 is 0 Å². The zero-order chi connectivity index (χ0) is 19.6. The van der Waals surface area contributed by atoms with E-state index in [4.69, 9.17) is 4.74 Å². The van der Waals surface area contributed by atoms with Crippen LogP contribution in [0.5, 0.6) is 0 Å². The molecule has 0 bridgehead atoms. The molecule has 1 atom stereocenters. The average Bonchev–Trinajstić information content (AvgIpc) is 2.74. The molecule has 146 valence electrons. The number of aromatic nitrogens is 1. The van der Waals surface area contributed by atoms with Gasteiger partial charge in [0.05, 0.1) is 18.2 Å². The van der Waals surface area contributed by atoms with Crippen LogP contribution in [0.2, 0.25) is 0 Å². The van der Waals surface area contributed by atoms with Crippen LogP contribution in [0.1, 0.15) is 17.7 Å². The number of hydrogen-bond acceptors (Lipinski definition) is 5. The van der Waals surface area contributed by atoms with E-state index in [1.54, 1.807) is 23.9 Å². The minimum absolute atomic E-state index is 0.207. The molecular formula is C21H22N2O3S2. The van der Waals surface area contributed by atoms with Crippen LogP contribution in [0.4, 0.5) is 0 Å². The second kappa shape index (κ2) is 8.21. The number of thioether (sulfide) groups is 1. The predicted octanol–water partition coefficient (Wildman–Crippen LogP) is 4.11. The molecule has 0 N–H and O–H groups in total. The van der Waals surface area contributed by atoms with Crippen molar-refractivity contribution >= 4 is 32.6 Å². The van der Waals surface area contributed by atoms with Crippen LogP contribution in [0, 0.1) is 0 Å². The average molecular weight is 415 g/mol. The van der Waals surface area contributed by atoms with E-state index in [2.05, 4.69) is 42.2 Å². The Labute approximate surface area is 169 Å². The van der Waals surface area contributed by atoms with Crippen molar-refractivity contribution in [3.8, 4) is 0 Å². The summed E-state index contributed by atoms with van der Waals surface area (Å²) in [5.74, 6) is 0. The highest BCUT2D eigenvalue weighted by Gasteiger charge is 2.26. The molecule has 7 heteroatoms. The number of pyridine rings is 1. The van der Waals surface area contributed by atoms with E-state index in [0.29, 0.717) is 26.3 Å². The normalized spacial score (nSPS) is 16.9. The fourth-order valence-corrected chi connectivity index (χ4v) is 5.49. The van der Waals surface area contributed by atoms with E-state index < -0.39 is 10.0 Å². The van der Waals surface area contributed by atoms with Gasteiger partial charge >= 0.3 is 0 Å². The molecule has 1 aliphatic heterocycles. The maximum atomic E-state index is 12.7. The summed E-state index contributed by atoms with van der Waals surface area (Å²) in [6.45, 7) is 3.78. The van der Waals surface area contributed by atoms with Crippen molar-refractivity contribution in [1.29, 1.82) is 0 Å². The fourth-order valence-electron chi connectivity index (χ4n) is 3.23. The summed E-state index contributed by atoms with van der Waals surface area (Å²) < 4.78 is 32.1. The third-order valence-electron chi connectivity index (χ3n) is 4.86. The van der Waals surface area contributed by atoms with Crippen molar-refractivity contribution < 1.29 is 13.2 Å². The van der Waals surface area contributed by atoms with Gasteiger partial charge in [-0.2, -0.15) is 4.31 Å². The number of sulfonamides is 1. The molecule has 0 saturated carbocycles. The lowest BCUT2D eigenvalue weighted by molar-refractivity contribution is 0.0730. The Hall–Kier alpha value is -1.93. The Morgan fingerprint density at radius 1 is 1.04 bits per heavy atom. The van der Waals surface area contributed by atoms with Crippen LogP contribution in [0.3, 0.4) is 0 Å². The largest absolute Gasteiger partial charge is 0.379 e. The summed E-state index contributed by atoms with van der Waals surface area (Å²) >= 11 is 1.62. The third kappa shape index (κ3) is 4.07. The van der Waals surface area contributed by atoms with Crippen molar-refractivity contribution in [2.24, 2.45) is 0 Å². The molecule has 1 fully saturated rings. The first-order valence-electron chi connectivity index (χ1n) is 9.23. The van der Waals surface area contributed by atoms with Crippen LogP contribution >= 0.6 is 11.8 Å². The van der Waals surface area contributed by atoms with Crippen LogP contribution in [0.25, 0.3) is 10.8 Å². The van der Waals surface area contributed by atoms with Gasteiger partial charge in [-0.25, -0.2) is 13.4 Å². The number of benzene rings is 2. The van der Waals surface area contributed by atoms with Gasteiger partial charge in [0, 0.05) is 24.5 Å². The molecule has 4 rings (SSSR count). The number of nitrogens with zero attached hydrogens (tertiary/aromatic N) is 2. The second-order valence-electron chi connectivity index (χ2n) is 6.72. The topological polar surface area (TPSA) is 59.5 Å². The van der Waals surface area contributed by atoms with Crippen molar-refractivity contribution in [3.63, 3.8) is 0 Å². The van der Waals surface area contributed by atoms with Crippen LogP contribution in [-0.2, 0) is 14.8 Å². The van der Waals surface area contributed by atoms with Gasteiger partial charge in [-0.05, 0) is 35.4 Å². The Kier molecular flexibility index (Phi) is 5.68. The molecule has 2 heterocycles. The van der Waals surface area contributed by atoms with Crippen molar-refractivity contribution in [3.05, 3.63) is 66.4 Å². The predicted molar refractivity (Wildman–Crippen MR) is 112 cm³/mol. The van der Waals surface area contributed by atoms with Gasteiger partial charge in [-0.3, -0.25) is 0 Å². The Morgan fingerprint density at radius 2 is 1.79 bits per heavy atom. The zero-order valence-electron chi connectivity index (χ0n) is 15.6. The molecule has 1 saturated heterocycles. The van der Waals surface area contributed by atoms with Gasteiger partial charge < -0.3 is 4.74 Å². The van der Waals surface area contributed by atoms with Crippen molar-refractivity contribution in [2.75, 3.05) is 26.3 Å². The van der Waals surface area contributed by atoms with Crippen LogP contribution in [0.15, 0.2) is 70.7 Å².